The fourth-order valence-electron chi connectivity index (χ4n) is 2.37. The molecule has 0 unspecified atom stereocenters. The molecular formula is C16H22N2O2. The van der Waals surface area contributed by atoms with Gasteiger partial charge in [0.05, 0.1) is 14.2 Å². The minimum Gasteiger partial charge on any atom is -0.496 e. The molecule has 0 fully saturated rings. The first-order chi connectivity index (χ1) is 9.74. The molecule has 0 saturated heterocycles. The van der Waals surface area contributed by atoms with Crippen LogP contribution in [0.3, 0.4) is 0 Å². The number of benzene rings is 1. The molecule has 4 heteroatoms. The maximum atomic E-state index is 5.44. The first kappa shape index (κ1) is 14.4. The molecule has 0 aliphatic rings. The molecular weight excluding hydrogens is 252 g/mol. The number of hydrogen-bond acceptors (Lipinski definition) is 4. The monoisotopic (exact) mass is 274 g/mol. The van der Waals surface area contributed by atoms with E-state index in [2.05, 4.69) is 25.2 Å². The highest BCUT2D eigenvalue weighted by Crippen LogP contribution is 2.34. The zero-order valence-electron chi connectivity index (χ0n) is 12.6. The number of anilines is 1. The van der Waals surface area contributed by atoms with Gasteiger partial charge in [0.15, 0.2) is 0 Å². The Balaban J connectivity index is 2.70. The molecule has 0 radical (unpaired) electrons. The van der Waals surface area contributed by atoms with Gasteiger partial charge in [0.2, 0.25) is 0 Å². The first-order valence-electron chi connectivity index (χ1n) is 7.03. The van der Waals surface area contributed by atoms with E-state index < -0.39 is 0 Å². The molecule has 0 spiro atoms. The molecule has 4 nitrogen and oxygen atoms in total. The number of fused-ring (bicyclic) bond motifs is 1. The normalized spacial score (nSPS) is 10.6. The smallest absolute Gasteiger partial charge is 0.145 e. The van der Waals surface area contributed by atoms with E-state index in [1.165, 1.54) is 5.56 Å². The quantitative estimate of drug-likeness (QED) is 0.873. The lowest BCUT2D eigenvalue weighted by Crippen LogP contribution is -2.05. The Morgan fingerprint density at radius 1 is 1.10 bits per heavy atom. The number of methoxy groups -OCH3 is 2. The van der Waals surface area contributed by atoms with Crippen LogP contribution in [0.5, 0.6) is 11.5 Å². The third kappa shape index (κ3) is 2.64. The third-order valence-corrected chi connectivity index (χ3v) is 3.29. The second kappa shape index (κ2) is 6.46. The summed E-state index contributed by atoms with van der Waals surface area (Å²) in [5.74, 6) is 2.53. The van der Waals surface area contributed by atoms with Crippen molar-refractivity contribution in [1.29, 1.82) is 0 Å². The minimum absolute atomic E-state index is 0.767. The minimum atomic E-state index is 0.767. The van der Waals surface area contributed by atoms with Crippen LogP contribution in [0, 0.1) is 0 Å². The molecule has 1 aromatic carbocycles. The van der Waals surface area contributed by atoms with Gasteiger partial charge in [-0.15, -0.1) is 0 Å². The molecule has 1 aromatic heterocycles. The number of nitrogens with zero attached hydrogens (tertiary/aromatic N) is 1. The molecule has 0 atom stereocenters. The number of hydrogen-bond donors (Lipinski definition) is 1. The van der Waals surface area contributed by atoms with Gasteiger partial charge in [-0.1, -0.05) is 13.3 Å². The fourth-order valence-corrected chi connectivity index (χ4v) is 2.37. The van der Waals surface area contributed by atoms with Crippen molar-refractivity contribution >= 4 is 16.7 Å². The van der Waals surface area contributed by atoms with E-state index in [4.69, 9.17) is 14.5 Å². The van der Waals surface area contributed by atoms with E-state index in [1.54, 1.807) is 14.2 Å². The zero-order valence-corrected chi connectivity index (χ0v) is 12.6. The molecule has 0 amide bonds. The van der Waals surface area contributed by atoms with Crippen molar-refractivity contribution in [3.05, 3.63) is 23.8 Å². The number of aromatic nitrogens is 1. The van der Waals surface area contributed by atoms with Crippen molar-refractivity contribution in [2.75, 3.05) is 26.1 Å². The number of rotatable bonds is 6. The van der Waals surface area contributed by atoms with E-state index in [0.29, 0.717) is 0 Å². The summed E-state index contributed by atoms with van der Waals surface area (Å²) in [6.45, 7) is 5.09. The van der Waals surface area contributed by atoms with Crippen LogP contribution in [0.15, 0.2) is 18.2 Å². The zero-order chi connectivity index (χ0) is 14.5. The standard InChI is InChI=1S/C16H22N2O2/c1-5-7-11-10-12-13(19-3)8-9-14(20-4)15(12)18-16(11)17-6-2/h8-10H,5-7H2,1-4H3,(H,17,18). The van der Waals surface area contributed by atoms with Gasteiger partial charge < -0.3 is 14.8 Å². The highest BCUT2D eigenvalue weighted by atomic mass is 16.5. The molecule has 2 aromatic rings. The van der Waals surface area contributed by atoms with E-state index in [0.717, 1.165) is 47.6 Å². The van der Waals surface area contributed by atoms with E-state index in [9.17, 15) is 0 Å². The van der Waals surface area contributed by atoms with Gasteiger partial charge in [-0.25, -0.2) is 4.98 Å². The summed E-state index contributed by atoms with van der Waals surface area (Å²) < 4.78 is 10.9. The Morgan fingerprint density at radius 3 is 2.40 bits per heavy atom. The van der Waals surface area contributed by atoms with Crippen molar-refractivity contribution in [2.45, 2.75) is 26.7 Å². The summed E-state index contributed by atoms with van der Waals surface area (Å²) in [4.78, 5) is 4.75. The van der Waals surface area contributed by atoms with Gasteiger partial charge in [-0.3, -0.25) is 0 Å². The predicted octanol–water partition coefficient (Wildman–Crippen LogP) is 3.64. The van der Waals surface area contributed by atoms with Crippen LogP contribution in [0.4, 0.5) is 5.82 Å². The van der Waals surface area contributed by atoms with Gasteiger partial charge in [-0.05, 0) is 37.1 Å². The van der Waals surface area contributed by atoms with E-state index in [1.807, 2.05) is 12.1 Å². The lowest BCUT2D eigenvalue weighted by Gasteiger charge is -2.14. The van der Waals surface area contributed by atoms with Crippen molar-refractivity contribution in [3.8, 4) is 11.5 Å². The van der Waals surface area contributed by atoms with Gasteiger partial charge in [0.1, 0.15) is 22.8 Å². The van der Waals surface area contributed by atoms with Crippen LogP contribution in [-0.2, 0) is 6.42 Å². The van der Waals surface area contributed by atoms with Crippen LogP contribution in [0.25, 0.3) is 10.9 Å². The van der Waals surface area contributed by atoms with Crippen molar-refractivity contribution < 1.29 is 9.47 Å². The number of nitrogens with one attached hydrogen (secondary N) is 1. The van der Waals surface area contributed by atoms with E-state index >= 15 is 0 Å². The topological polar surface area (TPSA) is 43.4 Å². The molecule has 20 heavy (non-hydrogen) atoms. The highest BCUT2D eigenvalue weighted by Gasteiger charge is 2.13. The van der Waals surface area contributed by atoms with Crippen LogP contribution in [0.2, 0.25) is 0 Å². The molecule has 0 aliphatic carbocycles. The van der Waals surface area contributed by atoms with Crippen molar-refractivity contribution in [2.24, 2.45) is 0 Å². The van der Waals surface area contributed by atoms with Gasteiger partial charge in [0, 0.05) is 11.9 Å². The van der Waals surface area contributed by atoms with Crippen LogP contribution < -0.4 is 14.8 Å². The lowest BCUT2D eigenvalue weighted by atomic mass is 10.1. The number of pyridine rings is 1. The summed E-state index contributed by atoms with van der Waals surface area (Å²) in [5, 5.41) is 4.33. The maximum absolute atomic E-state index is 5.44. The first-order valence-corrected chi connectivity index (χ1v) is 7.03. The van der Waals surface area contributed by atoms with Crippen molar-refractivity contribution in [1.82, 2.24) is 4.98 Å². The summed E-state index contributed by atoms with van der Waals surface area (Å²) in [7, 11) is 3.34. The molecule has 0 aliphatic heterocycles. The third-order valence-electron chi connectivity index (χ3n) is 3.29. The number of aryl methyl sites for hydroxylation is 1. The van der Waals surface area contributed by atoms with E-state index in [-0.39, 0.29) is 0 Å². The molecule has 0 bridgehead atoms. The van der Waals surface area contributed by atoms with Crippen LogP contribution in [0.1, 0.15) is 25.8 Å². The Kier molecular flexibility index (Phi) is 4.66. The van der Waals surface area contributed by atoms with Crippen LogP contribution in [-0.4, -0.2) is 25.7 Å². The van der Waals surface area contributed by atoms with Gasteiger partial charge in [-0.2, -0.15) is 0 Å². The second-order valence-corrected chi connectivity index (χ2v) is 4.64. The second-order valence-electron chi connectivity index (χ2n) is 4.64. The largest absolute Gasteiger partial charge is 0.496 e. The van der Waals surface area contributed by atoms with Gasteiger partial charge in [0.25, 0.3) is 0 Å². The Labute approximate surface area is 120 Å². The highest BCUT2D eigenvalue weighted by molar-refractivity contribution is 5.92. The molecule has 1 N–H and O–H groups in total. The van der Waals surface area contributed by atoms with Crippen LogP contribution >= 0.6 is 0 Å². The fraction of sp³-hybridized carbons (Fsp3) is 0.438. The summed E-state index contributed by atoms with van der Waals surface area (Å²) in [6, 6.07) is 5.97. The summed E-state index contributed by atoms with van der Waals surface area (Å²) >= 11 is 0. The lowest BCUT2D eigenvalue weighted by molar-refractivity contribution is 0.409. The summed E-state index contributed by atoms with van der Waals surface area (Å²) in [5.41, 5.74) is 2.05. The maximum Gasteiger partial charge on any atom is 0.145 e. The molecule has 0 saturated carbocycles. The Hall–Kier alpha value is -1.97. The average molecular weight is 274 g/mol. The molecule has 108 valence electrons. The molecule has 1 heterocycles. The Bertz CT molecular complexity index is 544. The Morgan fingerprint density at radius 2 is 1.80 bits per heavy atom. The predicted molar refractivity (Wildman–Crippen MR) is 83.0 cm³/mol. The van der Waals surface area contributed by atoms with Crippen molar-refractivity contribution in [3.63, 3.8) is 0 Å². The summed E-state index contributed by atoms with van der Waals surface area (Å²) in [6.07, 6.45) is 2.07. The number of ether oxygens (including phenoxy) is 2. The SMILES string of the molecule is CCCc1cc2c(OC)ccc(OC)c2nc1NCC. The average Bonchev–Trinajstić information content (AvgIpc) is 2.47. The van der Waals surface area contributed by atoms with Gasteiger partial charge >= 0.3 is 0 Å². The molecule has 2 rings (SSSR count).